The molecule has 0 saturated heterocycles. The minimum atomic E-state index is -0.942. The van der Waals surface area contributed by atoms with Crippen molar-refractivity contribution in [2.45, 2.75) is 5.92 Å². The lowest BCUT2D eigenvalue weighted by atomic mass is 9.93. The maximum Gasteiger partial charge on any atom is 0.334 e. The first-order valence-corrected chi connectivity index (χ1v) is 6.07. The predicted molar refractivity (Wildman–Crippen MR) is 65.5 cm³/mol. The number of benzene rings is 1. The molecule has 3 nitrogen and oxygen atoms in total. The van der Waals surface area contributed by atoms with Gasteiger partial charge < -0.3 is 10.8 Å². The van der Waals surface area contributed by atoms with Crippen LogP contribution < -0.4 is 5.73 Å². The average Bonchev–Trinajstić information content (AvgIpc) is 2.61. The molecule has 0 aromatic heterocycles. The molecule has 3 N–H and O–H groups in total. The van der Waals surface area contributed by atoms with Crippen LogP contribution in [-0.2, 0) is 4.79 Å². The first kappa shape index (κ1) is 11.4. The van der Waals surface area contributed by atoms with E-state index in [1.165, 1.54) is 11.8 Å². The fourth-order valence-corrected chi connectivity index (χ4v) is 2.93. The van der Waals surface area contributed by atoms with Gasteiger partial charge in [0.25, 0.3) is 0 Å². The molecule has 0 amide bonds. The van der Waals surface area contributed by atoms with Crippen molar-refractivity contribution in [3.63, 3.8) is 0 Å². The number of carbonyl (C=O) groups is 1. The van der Waals surface area contributed by atoms with Gasteiger partial charge in [0.15, 0.2) is 0 Å². The van der Waals surface area contributed by atoms with Crippen LogP contribution in [0.5, 0.6) is 0 Å². The lowest BCUT2D eigenvalue weighted by Crippen LogP contribution is -2.12. The fourth-order valence-electron chi connectivity index (χ4n) is 1.72. The highest BCUT2D eigenvalue weighted by molar-refractivity contribution is 8.03. The van der Waals surface area contributed by atoms with Gasteiger partial charge in [-0.15, -0.1) is 11.8 Å². The summed E-state index contributed by atoms with van der Waals surface area (Å²) in [7, 11) is 0. The van der Waals surface area contributed by atoms with E-state index in [9.17, 15) is 4.79 Å². The second-order valence-electron chi connectivity index (χ2n) is 3.50. The lowest BCUT2D eigenvalue weighted by molar-refractivity contribution is -0.132. The third kappa shape index (κ3) is 2.03. The maximum absolute atomic E-state index is 11.1. The Morgan fingerprint density at radius 2 is 2.06 bits per heavy atom. The van der Waals surface area contributed by atoms with E-state index in [4.69, 9.17) is 22.4 Å². The molecule has 1 aliphatic heterocycles. The van der Waals surface area contributed by atoms with Crippen molar-refractivity contribution in [1.82, 2.24) is 0 Å². The number of aliphatic carboxylic acids is 1. The van der Waals surface area contributed by atoms with Gasteiger partial charge in [0.2, 0.25) is 0 Å². The predicted octanol–water partition coefficient (Wildman–Crippen LogP) is 2.43. The average molecular weight is 256 g/mol. The number of thioether (sulfide) groups is 1. The summed E-state index contributed by atoms with van der Waals surface area (Å²) < 4.78 is 0. The zero-order valence-corrected chi connectivity index (χ0v) is 9.89. The van der Waals surface area contributed by atoms with Crippen LogP contribution in [0, 0.1) is 0 Å². The van der Waals surface area contributed by atoms with Crippen LogP contribution in [0.25, 0.3) is 0 Å². The Bertz CT molecular complexity index is 456. The molecule has 1 atom stereocenters. The van der Waals surface area contributed by atoms with Gasteiger partial charge in [0, 0.05) is 16.7 Å². The second kappa shape index (κ2) is 4.39. The third-order valence-corrected chi connectivity index (χ3v) is 3.81. The third-order valence-electron chi connectivity index (χ3n) is 2.52. The van der Waals surface area contributed by atoms with Crippen molar-refractivity contribution in [2.75, 3.05) is 5.75 Å². The van der Waals surface area contributed by atoms with Crippen molar-refractivity contribution >= 4 is 29.3 Å². The Morgan fingerprint density at radius 3 is 2.62 bits per heavy atom. The highest BCUT2D eigenvalue weighted by Crippen LogP contribution is 2.39. The van der Waals surface area contributed by atoms with Gasteiger partial charge in [-0.3, -0.25) is 0 Å². The SMILES string of the molecule is NC1=C(C(=O)O)C(c2ccc(Cl)cc2)CS1. The minimum absolute atomic E-state index is 0.139. The van der Waals surface area contributed by atoms with Crippen LogP contribution in [-0.4, -0.2) is 16.8 Å². The number of nitrogens with two attached hydrogens (primary N) is 1. The van der Waals surface area contributed by atoms with Crippen molar-refractivity contribution in [1.29, 1.82) is 0 Å². The second-order valence-corrected chi connectivity index (χ2v) is 5.00. The number of rotatable bonds is 2. The first-order valence-electron chi connectivity index (χ1n) is 4.71. The van der Waals surface area contributed by atoms with Gasteiger partial charge in [0.05, 0.1) is 10.6 Å². The summed E-state index contributed by atoms with van der Waals surface area (Å²) in [5, 5.41) is 10.1. The van der Waals surface area contributed by atoms with Crippen LogP contribution in [0.3, 0.4) is 0 Å². The van der Waals surface area contributed by atoms with E-state index in [0.717, 1.165) is 5.56 Å². The highest BCUT2D eigenvalue weighted by Gasteiger charge is 2.31. The van der Waals surface area contributed by atoms with Gasteiger partial charge >= 0.3 is 5.97 Å². The summed E-state index contributed by atoms with van der Waals surface area (Å²) in [4.78, 5) is 11.1. The van der Waals surface area contributed by atoms with E-state index in [0.29, 0.717) is 21.4 Å². The summed E-state index contributed by atoms with van der Waals surface area (Å²) in [6.45, 7) is 0. The number of carboxylic acid groups (broad SMARTS) is 1. The van der Waals surface area contributed by atoms with Gasteiger partial charge in [-0.05, 0) is 17.7 Å². The molecular formula is C11H10ClNO2S. The van der Waals surface area contributed by atoms with Crippen molar-refractivity contribution in [3.8, 4) is 0 Å². The fraction of sp³-hybridized carbons (Fsp3) is 0.182. The standard InChI is InChI=1S/C11H10ClNO2S/c12-7-3-1-6(2-4-7)8-5-16-10(13)9(8)11(14)15/h1-4,8H,5,13H2,(H,14,15). The summed E-state index contributed by atoms with van der Waals surface area (Å²) in [5.41, 5.74) is 6.91. The molecule has 0 aliphatic carbocycles. The van der Waals surface area contributed by atoms with Crippen LogP contribution in [0.1, 0.15) is 11.5 Å². The molecule has 0 radical (unpaired) electrons. The summed E-state index contributed by atoms with van der Waals surface area (Å²) in [6, 6.07) is 7.20. The van der Waals surface area contributed by atoms with Crippen molar-refractivity contribution in [2.24, 2.45) is 5.73 Å². The first-order chi connectivity index (χ1) is 7.59. The molecule has 2 rings (SSSR count). The smallest absolute Gasteiger partial charge is 0.334 e. The molecule has 1 aromatic carbocycles. The molecule has 0 bridgehead atoms. The Hall–Kier alpha value is -1.13. The summed E-state index contributed by atoms with van der Waals surface area (Å²) in [5.74, 6) is -0.406. The van der Waals surface area contributed by atoms with E-state index in [1.54, 1.807) is 12.1 Å². The Balaban J connectivity index is 2.36. The minimum Gasteiger partial charge on any atom is -0.478 e. The maximum atomic E-state index is 11.1. The molecule has 1 unspecified atom stereocenters. The van der Waals surface area contributed by atoms with Gasteiger partial charge in [0.1, 0.15) is 0 Å². The van der Waals surface area contributed by atoms with Crippen LogP contribution in [0.4, 0.5) is 0 Å². The van der Waals surface area contributed by atoms with Gasteiger partial charge in [-0.2, -0.15) is 0 Å². The summed E-state index contributed by atoms with van der Waals surface area (Å²) in [6.07, 6.45) is 0. The topological polar surface area (TPSA) is 63.3 Å². The summed E-state index contributed by atoms with van der Waals surface area (Å²) >= 11 is 7.17. The van der Waals surface area contributed by atoms with Gasteiger partial charge in [-0.25, -0.2) is 4.79 Å². The molecule has 0 saturated carbocycles. The largest absolute Gasteiger partial charge is 0.478 e. The molecule has 1 heterocycles. The Kier molecular flexibility index (Phi) is 3.12. The quantitative estimate of drug-likeness (QED) is 0.852. The lowest BCUT2D eigenvalue weighted by Gasteiger charge is -2.11. The van der Waals surface area contributed by atoms with E-state index < -0.39 is 5.97 Å². The van der Waals surface area contributed by atoms with Crippen molar-refractivity contribution in [3.05, 3.63) is 45.5 Å². The monoisotopic (exact) mass is 255 g/mol. The molecule has 84 valence electrons. The Labute approximate surface area is 102 Å². The molecule has 1 aromatic rings. The van der Waals surface area contributed by atoms with E-state index in [-0.39, 0.29) is 5.92 Å². The van der Waals surface area contributed by atoms with Crippen LogP contribution in [0.2, 0.25) is 5.02 Å². The van der Waals surface area contributed by atoms with Crippen LogP contribution in [0.15, 0.2) is 34.9 Å². The van der Waals surface area contributed by atoms with E-state index >= 15 is 0 Å². The van der Waals surface area contributed by atoms with Crippen LogP contribution >= 0.6 is 23.4 Å². The zero-order chi connectivity index (χ0) is 11.7. The number of halogens is 1. The Morgan fingerprint density at radius 1 is 1.44 bits per heavy atom. The van der Waals surface area contributed by atoms with E-state index in [1.807, 2.05) is 12.1 Å². The molecular weight excluding hydrogens is 246 g/mol. The molecule has 0 fully saturated rings. The zero-order valence-electron chi connectivity index (χ0n) is 8.31. The molecule has 5 heteroatoms. The highest BCUT2D eigenvalue weighted by atomic mass is 35.5. The van der Waals surface area contributed by atoms with Crippen molar-refractivity contribution < 1.29 is 9.90 Å². The number of hydrogen-bond acceptors (Lipinski definition) is 3. The normalized spacial score (nSPS) is 20.2. The molecule has 16 heavy (non-hydrogen) atoms. The molecule has 0 spiro atoms. The number of carboxylic acids is 1. The van der Waals surface area contributed by atoms with Gasteiger partial charge in [-0.1, -0.05) is 23.7 Å². The van der Waals surface area contributed by atoms with E-state index in [2.05, 4.69) is 0 Å². The number of hydrogen-bond donors (Lipinski definition) is 2. The molecule has 1 aliphatic rings.